The summed E-state index contributed by atoms with van der Waals surface area (Å²) in [7, 11) is 2.11. The number of piperazine rings is 1. The van der Waals surface area contributed by atoms with Crippen LogP contribution in [0.25, 0.3) is 5.65 Å². The average Bonchev–Trinajstić information content (AvgIpc) is 3.30. The van der Waals surface area contributed by atoms with Crippen LogP contribution in [0.4, 0.5) is 15.9 Å². The zero-order chi connectivity index (χ0) is 25.2. The average molecular weight is 514 g/mol. The van der Waals surface area contributed by atoms with Gasteiger partial charge in [0.15, 0.2) is 5.65 Å². The third kappa shape index (κ3) is 5.29. The number of nitrogens with one attached hydrogen (secondary N) is 2. The lowest BCUT2D eigenvalue weighted by Gasteiger charge is -2.33. The summed E-state index contributed by atoms with van der Waals surface area (Å²) in [6.07, 6.45) is 6.02. The zero-order valence-electron chi connectivity index (χ0n) is 20.1. The molecule has 3 aromatic rings. The quantitative estimate of drug-likeness (QED) is 0.544. The van der Waals surface area contributed by atoms with Crippen LogP contribution in [0.15, 0.2) is 36.7 Å². The second-order valence-electron chi connectivity index (χ2n) is 9.54. The van der Waals surface area contributed by atoms with Gasteiger partial charge in [-0.1, -0.05) is 11.6 Å². The number of carbonyl (C=O) groups is 2. The number of carbonyl (C=O) groups excluding carboxylic acids is 2. The first-order valence-electron chi connectivity index (χ1n) is 12.2. The molecule has 0 unspecified atom stereocenters. The van der Waals surface area contributed by atoms with Gasteiger partial charge >= 0.3 is 0 Å². The molecular weight excluding hydrogens is 485 g/mol. The van der Waals surface area contributed by atoms with Gasteiger partial charge in [0.25, 0.3) is 5.91 Å². The largest absolute Gasteiger partial charge is 0.354 e. The molecule has 1 aliphatic heterocycles. The van der Waals surface area contributed by atoms with Crippen molar-refractivity contribution in [3.8, 4) is 0 Å². The monoisotopic (exact) mass is 513 g/mol. The fourth-order valence-electron chi connectivity index (χ4n) is 4.82. The van der Waals surface area contributed by atoms with E-state index in [1.807, 2.05) is 12.3 Å². The summed E-state index contributed by atoms with van der Waals surface area (Å²) in [5.74, 6) is -0.149. The molecule has 0 spiro atoms. The normalized spacial score (nSPS) is 20.9. The molecule has 0 atom stereocenters. The second-order valence-corrected chi connectivity index (χ2v) is 9.95. The van der Waals surface area contributed by atoms with Crippen molar-refractivity contribution >= 4 is 40.6 Å². The van der Waals surface area contributed by atoms with Gasteiger partial charge in [-0.15, -0.1) is 0 Å². The molecule has 190 valence electrons. The first kappa shape index (κ1) is 24.5. The maximum atomic E-state index is 13.2. The van der Waals surface area contributed by atoms with E-state index in [1.54, 1.807) is 10.7 Å². The third-order valence-corrected chi connectivity index (χ3v) is 7.36. The second kappa shape index (κ2) is 10.4. The molecule has 2 amide bonds. The molecule has 5 rings (SSSR count). The fraction of sp³-hybridized carbons (Fsp3) is 0.440. The van der Waals surface area contributed by atoms with Crippen molar-refractivity contribution in [2.24, 2.45) is 5.92 Å². The van der Waals surface area contributed by atoms with Crippen LogP contribution in [0.2, 0.25) is 5.02 Å². The molecule has 0 bridgehead atoms. The number of anilines is 2. The number of fused-ring (bicyclic) bond motifs is 1. The van der Waals surface area contributed by atoms with Crippen molar-refractivity contribution in [2.45, 2.75) is 31.7 Å². The fourth-order valence-corrected chi connectivity index (χ4v) is 5.03. The lowest BCUT2D eigenvalue weighted by molar-refractivity contribution is -0.120. The Labute approximate surface area is 213 Å². The first-order chi connectivity index (χ1) is 17.4. The molecule has 36 heavy (non-hydrogen) atoms. The highest BCUT2D eigenvalue weighted by Gasteiger charge is 2.28. The lowest BCUT2D eigenvalue weighted by Crippen LogP contribution is -2.44. The van der Waals surface area contributed by atoms with Crippen molar-refractivity contribution in [1.29, 1.82) is 0 Å². The molecule has 9 nitrogen and oxygen atoms in total. The van der Waals surface area contributed by atoms with Crippen LogP contribution in [-0.2, 0) is 4.79 Å². The molecule has 11 heteroatoms. The standard InChI is InChI=1S/C25H29ClFN7O2/c1-32-10-12-33(13-11-32)22-8-9-34-23(31-22)19(15-28-34)25(36)29-18-5-2-16(3-6-18)24(35)30-21-7-4-17(27)14-20(21)26/h4,7-9,14-16,18H,2-3,5-6,10-13H2,1H3,(H,29,36)(H,30,35)/t16-,18-. The Hall–Kier alpha value is -3.24. The van der Waals surface area contributed by atoms with Crippen molar-refractivity contribution < 1.29 is 14.0 Å². The van der Waals surface area contributed by atoms with Gasteiger partial charge in [0.2, 0.25) is 5.91 Å². The van der Waals surface area contributed by atoms with Gasteiger partial charge in [-0.25, -0.2) is 13.9 Å². The molecule has 2 N–H and O–H groups in total. The highest BCUT2D eigenvalue weighted by molar-refractivity contribution is 6.33. The van der Waals surface area contributed by atoms with Gasteiger partial charge in [0.05, 0.1) is 16.9 Å². The van der Waals surface area contributed by atoms with E-state index in [0.29, 0.717) is 42.6 Å². The number of nitrogens with zero attached hydrogens (tertiary/aromatic N) is 5. The summed E-state index contributed by atoms with van der Waals surface area (Å²) in [4.78, 5) is 35.0. The van der Waals surface area contributed by atoms with Gasteiger partial charge < -0.3 is 20.4 Å². The minimum absolute atomic E-state index is 0.0354. The van der Waals surface area contributed by atoms with Crippen molar-refractivity contribution in [2.75, 3.05) is 43.4 Å². The maximum absolute atomic E-state index is 13.2. The van der Waals surface area contributed by atoms with Gasteiger partial charge in [0, 0.05) is 44.3 Å². The third-order valence-electron chi connectivity index (χ3n) is 7.05. The van der Waals surface area contributed by atoms with E-state index in [0.717, 1.165) is 32.0 Å². The van der Waals surface area contributed by atoms with Crippen LogP contribution < -0.4 is 15.5 Å². The number of rotatable bonds is 5. The number of hydrogen-bond donors (Lipinski definition) is 2. The van der Waals surface area contributed by atoms with Gasteiger partial charge in [-0.2, -0.15) is 5.10 Å². The summed E-state index contributed by atoms with van der Waals surface area (Å²) in [6, 6.07) is 5.79. The first-order valence-corrected chi connectivity index (χ1v) is 12.6. The van der Waals surface area contributed by atoms with Gasteiger partial charge in [-0.05, 0) is 57.0 Å². The molecule has 1 aliphatic carbocycles. The number of aromatic nitrogens is 3. The highest BCUT2D eigenvalue weighted by atomic mass is 35.5. The predicted octanol–water partition coefficient (Wildman–Crippen LogP) is 3.20. The van der Waals surface area contributed by atoms with Crippen molar-refractivity contribution in [3.63, 3.8) is 0 Å². The molecule has 3 heterocycles. The number of amides is 2. The predicted molar refractivity (Wildman–Crippen MR) is 136 cm³/mol. The SMILES string of the molecule is CN1CCN(c2ccn3ncc(C(=O)N[C@H]4CC[C@H](C(=O)Nc5ccc(F)cc5Cl)CC4)c3n2)CC1. The summed E-state index contributed by atoms with van der Waals surface area (Å²) in [5.41, 5.74) is 1.37. The molecule has 1 saturated carbocycles. The number of halogens is 2. The van der Waals surface area contributed by atoms with Crippen LogP contribution in [0.1, 0.15) is 36.0 Å². The van der Waals surface area contributed by atoms with Crippen LogP contribution in [-0.4, -0.2) is 70.6 Å². The molecule has 2 aromatic heterocycles. The molecule has 2 aliphatic rings. The van der Waals surface area contributed by atoms with Gasteiger partial charge in [-0.3, -0.25) is 9.59 Å². The van der Waals surface area contributed by atoms with E-state index in [4.69, 9.17) is 16.6 Å². The summed E-state index contributed by atoms with van der Waals surface area (Å²) in [6.45, 7) is 3.72. The molecule has 0 radical (unpaired) electrons. The Kier molecular flexibility index (Phi) is 7.06. The Morgan fingerprint density at radius 3 is 2.56 bits per heavy atom. The Balaban J connectivity index is 1.18. The van der Waals surface area contributed by atoms with E-state index in [9.17, 15) is 14.0 Å². The maximum Gasteiger partial charge on any atom is 0.256 e. The number of likely N-dealkylation sites (N-methyl/N-ethyl adjacent to an activating group) is 1. The zero-order valence-corrected chi connectivity index (χ0v) is 20.8. The highest BCUT2D eigenvalue weighted by Crippen LogP contribution is 2.28. The summed E-state index contributed by atoms with van der Waals surface area (Å²) >= 11 is 6.02. The minimum atomic E-state index is -0.453. The molecule has 1 aromatic carbocycles. The van der Waals surface area contributed by atoms with Gasteiger partial charge in [0.1, 0.15) is 17.2 Å². The topological polar surface area (TPSA) is 94.9 Å². The van der Waals surface area contributed by atoms with E-state index in [1.165, 1.54) is 18.2 Å². The van der Waals surface area contributed by atoms with E-state index < -0.39 is 5.82 Å². The molecule has 1 saturated heterocycles. The van der Waals surface area contributed by atoms with Crippen LogP contribution in [0, 0.1) is 11.7 Å². The van der Waals surface area contributed by atoms with E-state index in [2.05, 4.69) is 32.6 Å². The molecule has 2 fully saturated rings. The smallest absolute Gasteiger partial charge is 0.256 e. The Bertz CT molecular complexity index is 1270. The summed E-state index contributed by atoms with van der Waals surface area (Å²) in [5, 5.41) is 10.4. The Morgan fingerprint density at radius 2 is 1.83 bits per heavy atom. The number of hydrogen-bond acceptors (Lipinski definition) is 6. The van der Waals surface area contributed by atoms with Crippen LogP contribution in [0.5, 0.6) is 0 Å². The lowest BCUT2D eigenvalue weighted by atomic mass is 9.85. The number of benzene rings is 1. The van der Waals surface area contributed by atoms with E-state index in [-0.39, 0.29) is 28.8 Å². The Morgan fingerprint density at radius 1 is 1.08 bits per heavy atom. The minimum Gasteiger partial charge on any atom is -0.354 e. The molecular formula is C25H29ClFN7O2. The van der Waals surface area contributed by atoms with Crippen molar-refractivity contribution in [3.05, 3.63) is 53.1 Å². The van der Waals surface area contributed by atoms with Crippen LogP contribution >= 0.6 is 11.6 Å². The van der Waals surface area contributed by atoms with Crippen LogP contribution in [0.3, 0.4) is 0 Å². The van der Waals surface area contributed by atoms with E-state index >= 15 is 0 Å². The van der Waals surface area contributed by atoms with Crippen molar-refractivity contribution in [1.82, 2.24) is 24.8 Å². The summed E-state index contributed by atoms with van der Waals surface area (Å²) < 4.78 is 14.9.